The van der Waals surface area contributed by atoms with Gasteiger partial charge in [-0.3, -0.25) is 9.58 Å². The average molecular weight is 290 g/mol. The number of piperazine rings is 1. The summed E-state index contributed by atoms with van der Waals surface area (Å²) in [6.45, 7) is 6.94. The molecule has 0 aromatic carbocycles. The van der Waals surface area contributed by atoms with Crippen molar-refractivity contribution in [2.45, 2.75) is 26.3 Å². The SMILES string of the molecule is Cc1nn(C)c(C)c1Cc1nc(C2CNCCN2C)no1. The van der Waals surface area contributed by atoms with E-state index in [4.69, 9.17) is 4.52 Å². The predicted molar refractivity (Wildman–Crippen MR) is 78.0 cm³/mol. The molecule has 1 N–H and O–H groups in total. The highest BCUT2D eigenvalue weighted by molar-refractivity contribution is 5.27. The molecule has 0 aliphatic carbocycles. The standard InChI is InChI=1S/C14H22N6O/c1-9-11(10(2)20(4)17-9)7-13-16-14(18-21-13)12-8-15-5-6-19(12)3/h12,15H,5-8H2,1-4H3. The van der Waals surface area contributed by atoms with Crippen molar-refractivity contribution in [2.75, 3.05) is 26.7 Å². The van der Waals surface area contributed by atoms with Crippen LogP contribution in [0.2, 0.25) is 0 Å². The number of nitrogens with zero attached hydrogens (tertiary/aromatic N) is 5. The Morgan fingerprint density at radius 3 is 2.81 bits per heavy atom. The highest BCUT2D eigenvalue weighted by Gasteiger charge is 2.25. The molecule has 114 valence electrons. The first-order valence-electron chi connectivity index (χ1n) is 7.28. The van der Waals surface area contributed by atoms with Crippen molar-refractivity contribution < 1.29 is 4.52 Å². The Balaban J connectivity index is 1.79. The van der Waals surface area contributed by atoms with Crippen molar-refractivity contribution in [3.05, 3.63) is 28.7 Å². The largest absolute Gasteiger partial charge is 0.339 e. The maximum Gasteiger partial charge on any atom is 0.231 e. The molecule has 1 aliphatic heterocycles. The zero-order chi connectivity index (χ0) is 15.0. The third kappa shape index (κ3) is 2.71. The number of aryl methyl sites for hydroxylation is 2. The van der Waals surface area contributed by atoms with Gasteiger partial charge in [-0.2, -0.15) is 10.1 Å². The van der Waals surface area contributed by atoms with Crippen LogP contribution < -0.4 is 5.32 Å². The highest BCUT2D eigenvalue weighted by Crippen LogP contribution is 2.20. The summed E-state index contributed by atoms with van der Waals surface area (Å²) in [5, 5.41) is 11.9. The van der Waals surface area contributed by atoms with Crippen molar-refractivity contribution in [1.82, 2.24) is 30.1 Å². The van der Waals surface area contributed by atoms with Crippen molar-refractivity contribution in [3.8, 4) is 0 Å². The number of hydrogen-bond donors (Lipinski definition) is 1. The van der Waals surface area contributed by atoms with Crippen LogP contribution in [0.25, 0.3) is 0 Å². The molecule has 1 unspecified atom stereocenters. The van der Waals surface area contributed by atoms with Gasteiger partial charge in [0.15, 0.2) is 5.82 Å². The van der Waals surface area contributed by atoms with Gasteiger partial charge in [-0.1, -0.05) is 5.16 Å². The predicted octanol–water partition coefficient (Wildman–Crippen LogP) is 0.587. The molecular formula is C14H22N6O. The summed E-state index contributed by atoms with van der Waals surface area (Å²) in [5.41, 5.74) is 3.33. The smallest absolute Gasteiger partial charge is 0.231 e. The van der Waals surface area contributed by atoms with Gasteiger partial charge in [0.2, 0.25) is 5.89 Å². The molecule has 21 heavy (non-hydrogen) atoms. The summed E-state index contributed by atoms with van der Waals surface area (Å²) in [7, 11) is 4.05. The van der Waals surface area contributed by atoms with Crippen molar-refractivity contribution in [3.63, 3.8) is 0 Å². The molecule has 3 rings (SSSR count). The summed E-state index contributed by atoms with van der Waals surface area (Å²) in [4.78, 5) is 6.83. The number of likely N-dealkylation sites (N-methyl/N-ethyl adjacent to an activating group) is 1. The first-order valence-corrected chi connectivity index (χ1v) is 7.28. The third-order valence-corrected chi connectivity index (χ3v) is 4.28. The topological polar surface area (TPSA) is 72.0 Å². The lowest BCUT2D eigenvalue weighted by atomic mass is 10.1. The Morgan fingerprint density at radius 1 is 1.33 bits per heavy atom. The molecule has 2 aromatic heterocycles. The van der Waals surface area contributed by atoms with Crippen LogP contribution in [-0.4, -0.2) is 51.5 Å². The minimum Gasteiger partial charge on any atom is -0.339 e. The van der Waals surface area contributed by atoms with Gasteiger partial charge in [0.1, 0.15) is 0 Å². The molecule has 2 aromatic rings. The number of rotatable bonds is 3. The third-order valence-electron chi connectivity index (χ3n) is 4.28. The fourth-order valence-corrected chi connectivity index (χ4v) is 2.79. The second-order valence-electron chi connectivity index (χ2n) is 5.70. The molecule has 0 bridgehead atoms. The highest BCUT2D eigenvalue weighted by atomic mass is 16.5. The minimum absolute atomic E-state index is 0.187. The van der Waals surface area contributed by atoms with Gasteiger partial charge in [-0.25, -0.2) is 0 Å². The van der Waals surface area contributed by atoms with E-state index in [-0.39, 0.29) is 6.04 Å². The second-order valence-corrected chi connectivity index (χ2v) is 5.70. The fraction of sp³-hybridized carbons (Fsp3) is 0.643. The van der Waals surface area contributed by atoms with Gasteiger partial charge in [0.05, 0.1) is 18.2 Å². The lowest BCUT2D eigenvalue weighted by Gasteiger charge is -2.30. The van der Waals surface area contributed by atoms with Crippen LogP contribution in [-0.2, 0) is 13.5 Å². The first-order chi connectivity index (χ1) is 10.1. The lowest BCUT2D eigenvalue weighted by molar-refractivity contribution is 0.190. The molecule has 3 heterocycles. The Labute approximate surface area is 124 Å². The van der Waals surface area contributed by atoms with Crippen LogP contribution in [0.1, 0.15) is 34.7 Å². The van der Waals surface area contributed by atoms with Gasteiger partial charge in [-0.05, 0) is 20.9 Å². The average Bonchev–Trinajstić information content (AvgIpc) is 3.01. The zero-order valence-electron chi connectivity index (χ0n) is 13.1. The molecular weight excluding hydrogens is 268 g/mol. The zero-order valence-corrected chi connectivity index (χ0v) is 13.1. The van der Waals surface area contributed by atoms with Gasteiger partial charge >= 0.3 is 0 Å². The molecule has 1 fully saturated rings. The number of aromatic nitrogens is 4. The van der Waals surface area contributed by atoms with E-state index in [0.29, 0.717) is 12.3 Å². The van der Waals surface area contributed by atoms with Crippen LogP contribution in [0.5, 0.6) is 0 Å². The minimum atomic E-state index is 0.187. The summed E-state index contributed by atoms with van der Waals surface area (Å²) in [6.07, 6.45) is 0.641. The van der Waals surface area contributed by atoms with Crippen LogP contribution in [0, 0.1) is 13.8 Å². The molecule has 0 amide bonds. The van der Waals surface area contributed by atoms with Crippen molar-refractivity contribution >= 4 is 0 Å². The molecule has 0 spiro atoms. The summed E-state index contributed by atoms with van der Waals surface area (Å²) in [6, 6.07) is 0.187. The van der Waals surface area contributed by atoms with Crippen LogP contribution in [0.15, 0.2) is 4.52 Å². The Bertz CT molecular complexity index is 631. The Kier molecular flexibility index (Phi) is 3.77. The van der Waals surface area contributed by atoms with Crippen molar-refractivity contribution in [1.29, 1.82) is 0 Å². The van der Waals surface area contributed by atoms with E-state index >= 15 is 0 Å². The Hall–Kier alpha value is -1.73. The van der Waals surface area contributed by atoms with E-state index in [0.717, 1.165) is 36.8 Å². The number of nitrogens with one attached hydrogen (secondary N) is 1. The first kappa shape index (κ1) is 14.2. The van der Waals surface area contributed by atoms with Gasteiger partial charge in [0, 0.05) is 37.9 Å². The van der Waals surface area contributed by atoms with E-state index < -0.39 is 0 Å². The van der Waals surface area contributed by atoms with E-state index in [1.165, 1.54) is 5.56 Å². The molecule has 1 atom stereocenters. The maximum absolute atomic E-state index is 5.44. The summed E-state index contributed by atoms with van der Waals surface area (Å²) >= 11 is 0. The molecule has 0 saturated carbocycles. The lowest BCUT2D eigenvalue weighted by Crippen LogP contribution is -2.44. The van der Waals surface area contributed by atoms with Gasteiger partial charge < -0.3 is 9.84 Å². The van der Waals surface area contributed by atoms with E-state index in [1.54, 1.807) is 0 Å². The number of hydrogen-bond acceptors (Lipinski definition) is 6. The van der Waals surface area contributed by atoms with E-state index in [1.807, 2.05) is 18.7 Å². The van der Waals surface area contributed by atoms with Gasteiger partial charge in [0.25, 0.3) is 0 Å². The van der Waals surface area contributed by atoms with Crippen molar-refractivity contribution in [2.24, 2.45) is 7.05 Å². The molecule has 7 heteroatoms. The fourth-order valence-electron chi connectivity index (χ4n) is 2.79. The van der Waals surface area contributed by atoms with Gasteiger partial charge in [-0.15, -0.1) is 0 Å². The Morgan fingerprint density at radius 2 is 2.14 bits per heavy atom. The van der Waals surface area contributed by atoms with Crippen LogP contribution >= 0.6 is 0 Å². The molecule has 1 saturated heterocycles. The normalized spacial score (nSPS) is 20.1. The maximum atomic E-state index is 5.44. The van der Waals surface area contributed by atoms with E-state index in [9.17, 15) is 0 Å². The monoisotopic (exact) mass is 290 g/mol. The van der Waals surface area contributed by atoms with E-state index in [2.05, 4.69) is 39.4 Å². The molecule has 7 nitrogen and oxygen atoms in total. The quantitative estimate of drug-likeness (QED) is 0.892. The van der Waals surface area contributed by atoms with Crippen LogP contribution in [0.4, 0.5) is 0 Å². The second kappa shape index (κ2) is 5.57. The summed E-state index contributed by atoms with van der Waals surface area (Å²) < 4.78 is 7.33. The molecule has 0 radical (unpaired) electrons. The van der Waals surface area contributed by atoms with Crippen LogP contribution in [0.3, 0.4) is 0 Å². The molecule has 1 aliphatic rings. The summed E-state index contributed by atoms with van der Waals surface area (Å²) in [5.74, 6) is 1.42.